The Morgan fingerprint density at radius 1 is 1.00 bits per heavy atom. The summed E-state index contributed by atoms with van der Waals surface area (Å²) in [4.78, 5) is 22.1. The molecule has 4 aromatic rings. The molecule has 0 fully saturated rings. The van der Waals surface area contributed by atoms with E-state index in [1.807, 2.05) is 12.1 Å². The molecule has 2 heterocycles. The molecule has 8 nitrogen and oxygen atoms in total. The molecule has 0 atom stereocenters. The number of benzene rings is 2. The van der Waals surface area contributed by atoms with Crippen LogP contribution in [0.15, 0.2) is 47.3 Å². The summed E-state index contributed by atoms with van der Waals surface area (Å²) < 4.78 is 0. The van der Waals surface area contributed by atoms with Crippen LogP contribution in [0.25, 0.3) is 33.1 Å². The van der Waals surface area contributed by atoms with Crippen LogP contribution >= 0.6 is 0 Å². The molecule has 4 rings (SSSR count). The molecule has 0 aliphatic rings. The third-order valence-corrected chi connectivity index (χ3v) is 3.69. The number of aromatic nitrogens is 4. The van der Waals surface area contributed by atoms with E-state index in [0.717, 1.165) is 16.5 Å². The molecule has 0 aliphatic carbocycles. The van der Waals surface area contributed by atoms with Crippen LogP contribution in [0.2, 0.25) is 0 Å². The summed E-state index contributed by atoms with van der Waals surface area (Å²) in [6, 6.07) is 11.7. The van der Waals surface area contributed by atoms with Gasteiger partial charge < -0.3 is 0 Å². The first-order valence-corrected chi connectivity index (χ1v) is 6.76. The van der Waals surface area contributed by atoms with E-state index in [-0.39, 0.29) is 16.8 Å². The maximum atomic E-state index is 11.7. The van der Waals surface area contributed by atoms with E-state index in [9.17, 15) is 14.9 Å². The Hall–Kier alpha value is -3.55. The molecular weight excluding hydrogens is 298 g/mol. The quantitative estimate of drug-likeness (QED) is 0.435. The van der Waals surface area contributed by atoms with E-state index >= 15 is 0 Å². The monoisotopic (exact) mass is 307 g/mol. The molecule has 23 heavy (non-hydrogen) atoms. The van der Waals surface area contributed by atoms with E-state index < -0.39 is 4.92 Å². The van der Waals surface area contributed by atoms with Crippen molar-refractivity contribution in [1.29, 1.82) is 0 Å². The molecule has 2 aromatic carbocycles. The molecule has 112 valence electrons. The maximum absolute atomic E-state index is 11.7. The lowest BCUT2D eigenvalue weighted by Crippen LogP contribution is -2.00. The zero-order valence-corrected chi connectivity index (χ0v) is 11.6. The molecule has 0 aliphatic heterocycles. The smallest absolute Gasteiger partial charge is 0.292 e. The highest BCUT2D eigenvalue weighted by molar-refractivity contribution is 6.09. The van der Waals surface area contributed by atoms with Gasteiger partial charge in [0.2, 0.25) is 0 Å². The van der Waals surface area contributed by atoms with Gasteiger partial charge in [-0.15, -0.1) is 10.2 Å². The van der Waals surface area contributed by atoms with E-state index in [1.165, 1.54) is 12.1 Å². The minimum atomic E-state index is -0.444. The molecule has 8 heteroatoms. The van der Waals surface area contributed by atoms with Gasteiger partial charge in [-0.3, -0.25) is 25.1 Å². The van der Waals surface area contributed by atoms with Crippen LogP contribution in [0, 0.1) is 10.1 Å². The van der Waals surface area contributed by atoms with Crippen LogP contribution in [0.3, 0.4) is 0 Å². The van der Waals surface area contributed by atoms with Crippen LogP contribution in [-0.2, 0) is 0 Å². The number of rotatable bonds is 2. The SMILES string of the molecule is O=c1[nH][nH]c2c1nnc1cccc(-c3ccc([N+](=O)[O-])cc3)c12. The molecule has 2 N–H and O–H groups in total. The van der Waals surface area contributed by atoms with Gasteiger partial charge in [-0.05, 0) is 29.3 Å². The average molecular weight is 307 g/mol. The topological polar surface area (TPSA) is 118 Å². The van der Waals surface area contributed by atoms with Gasteiger partial charge in [0.05, 0.1) is 16.0 Å². The second kappa shape index (κ2) is 4.73. The average Bonchev–Trinajstić information content (AvgIpc) is 2.96. The second-order valence-electron chi connectivity index (χ2n) is 5.01. The highest BCUT2D eigenvalue weighted by atomic mass is 16.6. The van der Waals surface area contributed by atoms with Gasteiger partial charge in [0.1, 0.15) is 0 Å². The number of hydrogen-bond donors (Lipinski definition) is 2. The van der Waals surface area contributed by atoms with E-state index in [2.05, 4.69) is 20.4 Å². The summed E-state index contributed by atoms with van der Waals surface area (Å²) in [6.07, 6.45) is 0. The van der Waals surface area contributed by atoms with Gasteiger partial charge in [-0.2, -0.15) is 0 Å². The van der Waals surface area contributed by atoms with Gasteiger partial charge in [-0.25, -0.2) is 0 Å². The van der Waals surface area contributed by atoms with Crippen LogP contribution in [0.5, 0.6) is 0 Å². The normalized spacial score (nSPS) is 11.1. The summed E-state index contributed by atoms with van der Waals surface area (Å²) in [5.74, 6) is 0. The largest absolute Gasteiger partial charge is 0.295 e. The lowest BCUT2D eigenvalue weighted by atomic mass is 10.00. The molecule has 0 saturated heterocycles. The molecule has 0 spiro atoms. The van der Waals surface area contributed by atoms with Crippen molar-refractivity contribution in [2.75, 3.05) is 0 Å². The zero-order valence-electron chi connectivity index (χ0n) is 11.6. The van der Waals surface area contributed by atoms with Crippen LogP contribution in [0.1, 0.15) is 0 Å². The van der Waals surface area contributed by atoms with E-state index in [4.69, 9.17) is 0 Å². The van der Waals surface area contributed by atoms with Crippen molar-refractivity contribution < 1.29 is 4.92 Å². The number of nitrogens with one attached hydrogen (secondary N) is 2. The molecule has 0 unspecified atom stereocenters. The minimum absolute atomic E-state index is 0.0222. The predicted octanol–water partition coefficient (Wildman–Crippen LogP) is 2.37. The van der Waals surface area contributed by atoms with Crippen molar-refractivity contribution in [3.05, 3.63) is 62.9 Å². The molecular formula is C15H9N5O3. The van der Waals surface area contributed by atoms with Crippen LogP contribution in [-0.4, -0.2) is 25.3 Å². The summed E-state index contributed by atoms with van der Waals surface area (Å²) >= 11 is 0. The highest BCUT2D eigenvalue weighted by Gasteiger charge is 2.14. The Labute approximate surface area is 127 Å². The number of aromatic amines is 2. The van der Waals surface area contributed by atoms with Crippen molar-refractivity contribution >= 4 is 27.6 Å². The van der Waals surface area contributed by atoms with Crippen LogP contribution in [0.4, 0.5) is 5.69 Å². The third kappa shape index (κ3) is 1.96. The molecule has 0 bridgehead atoms. The van der Waals surface area contributed by atoms with Crippen molar-refractivity contribution in [3.8, 4) is 11.1 Å². The maximum Gasteiger partial charge on any atom is 0.292 e. The van der Waals surface area contributed by atoms with Crippen LogP contribution < -0.4 is 5.56 Å². The fourth-order valence-corrected chi connectivity index (χ4v) is 2.62. The Bertz CT molecular complexity index is 1110. The molecule has 0 saturated carbocycles. The van der Waals surface area contributed by atoms with E-state index in [0.29, 0.717) is 11.0 Å². The molecule has 0 radical (unpaired) electrons. The number of non-ortho nitro benzene ring substituents is 1. The summed E-state index contributed by atoms with van der Waals surface area (Å²) in [6.45, 7) is 0. The van der Waals surface area contributed by atoms with Crippen molar-refractivity contribution in [2.45, 2.75) is 0 Å². The minimum Gasteiger partial charge on any atom is -0.295 e. The number of H-pyrrole nitrogens is 2. The second-order valence-corrected chi connectivity index (χ2v) is 5.01. The standard InChI is InChI=1S/C15H9N5O3/c21-15-14-13(17-19-15)12-10(2-1-3-11(12)16-18-14)8-4-6-9(7-5-8)20(22)23/h1-7H,(H2,17,19,21). The molecule has 0 amide bonds. The third-order valence-electron chi connectivity index (χ3n) is 3.69. The van der Waals surface area contributed by atoms with Gasteiger partial charge in [0.25, 0.3) is 11.2 Å². The first-order valence-electron chi connectivity index (χ1n) is 6.76. The lowest BCUT2D eigenvalue weighted by Gasteiger charge is -2.06. The predicted molar refractivity (Wildman–Crippen MR) is 84.1 cm³/mol. The fraction of sp³-hybridized carbons (Fsp3) is 0. The van der Waals surface area contributed by atoms with Gasteiger partial charge in [0.15, 0.2) is 5.52 Å². The Morgan fingerprint density at radius 3 is 2.52 bits per heavy atom. The first kappa shape index (κ1) is 13.1. The zero-order chi connectivity index (χ0) is 16.0. The van der Waals surface area contributed by atoms with Gasteiger partial charge in [-0.1, -0.05) is 12.1 Å². The Kier molecular flexibility index (Phi) is 2.70. The fourth-order valence-electron chi connectivity index (χ4n) is 2.62. The number of nitro groups is 1. The highest BCUT2D eigenvalue weighted by Crippen LogP contribution is 2.31. The summed E-state index contributed by atoms with van der Waals surface area (Å²) in [5.41, 5.74) is 2.70. The van der Waals surface area contributed by atoms with Crippen molar-refractivity contribution in [1.82, 2.24) is 20.4 Å². The summed E-state index contributed by atoms with van der Waals surface area (Å²) in [5, 5.41) is 24.8. The number of nitrogens with zero attached hydrogens (tertiary/aromatic N) is 3. The number of hydrogen-bond acceptors (Lipinski definition) is 5. The number of nitro benzene ring substituents is 1. The Morgan fingerprint density at radius 2 is 1.78 bits per heavy atom. The first-order chi connectivity index (χ1) is 11.1. The van der Waals surface area contributed by atoms with Gasteiger partial charge >= 0.3 is 0 Å². The Balaban J connectivity index is 2.04. The summed E-state index contributed by atoms with van der Waals surface area (Å²) in [7, 11) is 0. The lowest BCUT2D eigenvalue weighted by molar-refractivity contribution is -0.384. The van der Waals surface area contributed by atoms with Crippen molar-refractivity contribution in [2.24, 2.45) is 0 Å². The molecule has 2 aromatic heterocycles. The van der Waals surface area contributed by atoms with E-state index in [1.54, 1.807) is 18.2 Å². The van der Waals surface area contributed by atoms with Crippen molar-refractivity contribution in [3.63, 3.8) is 0 Å². The van der Waals surface area contributed by atoms with Gasteiger partial charge in [0, 0.05) is 17.5 Å². The number of fused-ring (bicyclic) bond motifs is 3.